The lowest BCUT2D eigenvalue weighted by atomic mass is 9.99. The van der Waals surface area contributed by atoms with E-state index >= 15 is 0 Å². The van der Waals surface area contributed by atoms with Crippen molar-refractivity contribution in [2.75, 3.05) is 19.8 Å². The first-order valence-electron chi connectivity index (χ1n) is 9.93. The number of nitrogens with one attached hydrogen (secondary N) is 1. The Labute approximate surface area is 177 Å². The summed E-state index contributed by atoms with van der Waals surface area (Å²) in [6.07, 6.45) is 2.19. The molecule has 3 rings (SSSR count). The SMILES string of the molecule is C/C(=N/C(C)c1cc(-c2cccc(Cl)c2)ccc1OCC1CCCOC1)C(=N)N. The summed E-state index contributed by atoms with van der Waals surface area (Å²) in [4.78, 5) is 4.59. The van der Waals surface area contributed by atoms with Gasteiger partial charge < -0.3 is 15.2 Å². The number of aliphatic imine (C=N–C) groups is 1. The van der Waals surface area contributed by atoms with Crippen LogP contribution < -0.4 is 10.5 Å². The first-order chi connectivity index (χ1) is 13.9. The van der Waals surface area contributed by atoms with Crippen LogP contribution in [0.5, 0.6) is 5.75 Å². The Morgan fingerprint density at radius 2 is 2.10 bits per heavy atom. The third-order valence-corrected chi connectivity index (χ3v) is 5.36. The highest BCUT2D eigenvalue weighted by atomic mass is 35.5. The van der Waals surface area contributed by atoms with E-state index in [4.69, 9.17) is 32.2 Å². The number of nitrogens with zero attached hydrogens (tertiary/aromatic N) is 1. The second-order valence-corrected chi connectivity index (χ2v) is 7.90. The quantitative estimate of drug-likeness (QED) is 0.479. The lowest BCUT2D eigenvalue weighted by Crippen LogP contribution is -2.23. The highest BCUT2D eigenvalue weighted by Gasteiger charge is 2.18. The fourth-order valence-corrected chi connectivity index (χ4v) is 3.62. The Morgan fingerprint density at radius 3 is 2.79 bits per heavy atom. The number of rotatable bonds is 7. The standard InChI is InChI=1S/C23H28ClN3O2/c1-15(27-16(2)23(25)26)21-12-19(18-6-3-7-20(24)11-18)8-9-22(21)29-14-17-5-4-10-28-13-17/h3,6-9,11-12,15,17H,4-5,10,13-14H2,1-2H3,(H3,25,26)/b27-16-. The van der Waals surface area contributed by atoms with Crippen molar-refractivity contribution in [3.05, 3.63) is 53.1 Å². The zero-order chi connectivity index (χ0) is 20.8. The molecule has 5 nitrogen and oxygen atoms in total. The van der Waals surface area contributed by atoms with Crippen LogP contribution in [0.2, 0.25) is 5.02 Å². The van der Waals surface area contributed by atoms with Gasteiger partial charge in [0.05, 0.1) is 25.0 Å². The molecule has 0 amide bonds. The van der Waals surface area contributed by atoms with Gasteiger partial charge in [-0.2, -0.15) is 0 Å². The third kappa shape index (κ3) is 5.81. The Bertz CT molecular complexity index is 891. The molecule has 2 atom stereocenters. The first-order valence-corrected chi connectivity index (χ1v) is 10.3. The molecule has 1 heterocycles. The van der Waals surface area contributed by atoms with Gasteiger partial charge in [-0.25, -0.2) is 0 Å². The molecule has 2 aromatic rings. The molecule has 1 aliphatic rings. The maximum atomic E-state index is 7.61. The summed E-state index contributed by atoms with van der Waals surface area (Å²) in [6.45, 7) is 5.94. The fourth-order valence-electron chi connectivity index (χ4n) is 3.43. The van der Waals surface area contributed by atoms with Gasteiger partial charge in [0.15, 0.2) is 0 Å². The Morgan fingerprint density at radius 1 is 1.31 bits per heavy atom. The number of nitrogens with two attached hydrogens (primary N) is 1. The number of hydrogen-bond acceptors (Lipinski definition) is 4. The van der Waals surface area contributed by atoms with Gasteiger partial charge in [0.2, 0.25) is 0 Å². The highest BCUT2D eigenvalue weighted by Crippen LogP contribution is 2.34. The van der Waals surface area contributed by atoms with Crippen molar-refractivity contribution in [3.63, 3.8) is 0 Å². The smallest absolute Gasteiger partial charge is 0.136 e. The van der Waals surface area contributed by atoms with E-state index in [0.29, 0.717) is 23.3 Å². The van der Waals surface area contributed by atoms with E-state index in [1.165, 1.54) is 0 Å². The largest absolute Gasteiger partial charge is 0.493 e. The van der Waals surface area contributed by atoms with E-state index in [9.17, 15) is 0 Å². The summed E-state index contributed by atoms with van der Waals surface area (Å²) < 4.78 is 11.8. The van der Waals surface area contributed by atoms with Crippen molar-refractivity contribution in [1.29, 1.82) is 5.41 Å². The van der Waals surface area contributed by atoms with Gasteiger partial charge in [0, 0.05) is 23.1 Å². The molecule has 0 bridgehead atoms. The van der Waals surface area contributed by atoms with E-state index in [1.54, 1.807) is 6.92 Å². The van der Waals surface area contributed by atoms with Crippen LogP contribution in [0.4, 0.5) is 0 Å². The highest BCUT2D eigenvalue weighted by molar-refractivity contribution is 6.38. The van der Waals surface area contributed by atoms with Crippen LogP contribution >= 0.6 is 11.6 Å². The van der Waals surface area contributed by atoms with Crippen molar-refractivity contribution in [2.24, 2.45) is 16.6 Å². The van der Waals surface area contributed by atoms with Gasteiger partial charge in [-0.15, -0.1) is 0 Å². The molecule has 29 heavy (non-hydrogen) atoms. The third-order valence-electron chi connectivity index (χ3n) is 5.12. The minimum atomic E-state index is -0.198. The van der Waals surface area contributed by atoms with E-state index < -0.39 is 0 Å². The second kappa shape index (κ2) is 9.90. The van der Waals surface area contributed by atoms with Crippen LogP contribution in [0.3, 0.4) is 0 Å². The fraction of sp³-hybridized carbons (Fsp3) is 0.391. The summed E-state index contributed by atoms with van der Waals surface area (Å²) >= 11 is 6.17. The van der Waals surface area contributed by atoms with Crippen LogP contribution in [0.1, 0.15) is 38.3 Å². The average Bonchev–Trinajstić information content (AvgIpc) is 2.72. The van der Waals surface area contributed by atoms with E-state index in [0.717, 1.165) is 48.5 Å². The molecule has 1 saturated heterocycles. The molecule has 1 aliphatic heterocycles. The monoisotopic (exact) mass is 413 g/mol. The predicted octanol–water partition coefficient (Wildman–Crippen LogP) is 5.27. The van der Waals surface area contributed by atoms with Gasteiger partial charge in [-0.1, -0.05) is 29.8 Å². The summed E-state index contributed by atoms with van der Waals surface area (Å²) in [6, 6.07) is 13.7. The molecule has 0 aliphatic carbocycles. The van der Waals surface area contributed by atoms with Crippen molar-refractivity contribution >= 4 is 23.1 Å². The van der Waals surface area contributed by atoms with Crippen LogP contribution in [0.25, 0.3) is 11.1 Å². The lowest BCUT2D eigenvalue weighted by Gasteiger charge is -2.23. The Hall–Kier alpha value is -2.37. The molecule has 0 aromatic heterocycles. The van der Waals surface area contributed by atoms with Gasteiger partial charge in [0.25, 0.3) is 0 Å². The first kappa shape index (κ1) is 21.3. The molecule has 0 radical (unpaired) electrons. The molecule has 2 aromatic carbocycles. The number of ether oxygens (including phenoxy) is 2. The average molecular weight is 414 g/mol. The van der Waals surface area contributed by atoms with Crippen molar-refractivity contribution < 1.29 is 9.47 Å². The maximum Gasteiger partial charge on any atom is 0.136 e. The normalized spacial score (nSPS) is 18.3. The Kier molecular flexibility index (Phi) is 7.29. The summed E-state index contributed by atoms with van der Waals surface area (Å²) in [5.41, 5.74) is 9.13. The van der Waals surface area contributed by atoms with Crippen LogP contribution in [-0.2, 0) is 4.74 Å². The van der Waals surface area contributed by atoms with Gasteiger partial charge >= 0.3 is 0 Å². The molecular weight excluding hydrogens is 386 g/mol. The van der Waals surface area contributed by atoms with Gasteiger partial charge in [-0.3, -0.25) is 10.4 Å². The van der Waals surface area contributed by atoms with Crippen molar-refractivity contribution in [2.45, 2.75) is 32.7 Å². The minimum absolute atomic E-state index is 0.0235. The number of amidine groups is 1. The predicted molar refractivity (Wildman–Crippen MR) is 119 cm³/mol. The van der Waals surface area contributed by atoms with Crippen molar-refractivity contribution in [3.8, 4) is 16.9 Å². The van der Waals surface area contributed by atoms with Crippen LogP contribution in [0.15, 0.2) is 47.5 Å². The number of hydrogen-bond donors (Lipinski definition) is 2. The minimum Gasteiger partial charge on any atom is -0.493 e. The number of benzene rings is 2. The molecule has 1 fully saturated rings. The van der Waals surface area contributed by atoms with Crippen LogP contribution in [0, 0.1) is 11.3 Å². The molecule has 154 valence electrons. The summed E-state index contributed by atoms with van der Waals surface area (Å²) in [5.74, 6) is 1.18. The lowest BCUT2D eigenvalue weighted by molar-refractivity contribution is 0.0350. The number of halogens is 1. The zero-order valence-corrected chi connectivity index (χ0v) is 17.7. The summed E-state index contributed by atoms with van der Waals surface area (Å²) in [7, 11) is 0. The van der Waals surface area contributed by atoms with E-state index in [1.807, 2.05) is 43.3 Å². The second-order valence-electron chi connectivity index (χ2n) is 7.46. The van der Waals surface area contributed by atoms with E-state index in [-0.39, 0.29) is 11.9 Å². The topological polar surface area (TPSA) is 80.7 Å². The Balaban J connectivity index is 1.91. The van der Waals surface area contributed by atoms with E-state index in [2.05, 4.69) is 11.1 Å². The molecular formula is C23H28ClN3O2. The molecule has 3 N–H and O–H groups in total. The van der Waals surface area contributed by atoms with Gasteiger partial charge in [-0.05, 0) is 62.1 Å². The molecule has 6 heteroatoms. The molecule has 0 spiro atoms. The van der Waals surface area contributed by atoms with Crippen LogP contribution in [-0.4, -0.2) is 31.4 Å². The van der Waals surface area contributed by atoms with Gasteiger partial charge in [0.1, 0.15) is 11.6 Å². The molecule has 0 saturated carbocycles. The summed E-state index contributed by atoms with van der Waals surface area (Å²) in [5, 5.41) is 8.31. The zero-order valence-electron chi connectivity index (χ0n) is 17.0. The maximum absolute atomic E-state index is 7.61. The molecule has 2 unspecified atom stereocenters. The van der Waals surface area contributed by atoms with Crippen molar-refractivity contribution in [1.82, 2.24) is 0 Å².